The van der Waals surface area contributed by atoms with Crippen molar-refractivity contribution in [2.45, 2.75) is 26.4 Å². The van der Waals surface area contributed by atoms with E-state index >= 15 is 0 Å². The number of nitrogens with zero attached hydrogens (tertiary/aromatic N) is 2. The van der Waals surface area contributed by atoms with E-state index in [1.54, 1.807) is 12.3 Å². The maximum atomic E-state index is 11.9. The summed E-state index contributed by atoms with van der Waals surface area (Å²) in [5.74, 6) is 1.23. The number of rotatable bonds is 8. The average Bonchev–Trinajstić information content (AvgIpc) is 3.16. The molecular formula is C17H30IN5O3. The summed E-state index contributed by atoms with van der Waals surface area (Å²) in [5.41, 5.74) is 0. The molecule has 1 aliphatic rings. The molecule has 1 aromatic heterocycles. The van der Waals surface area contributed by atoms with Crippen LogP contribution in [0, 0.1) is 0 Å². The van der Waals surface area contributed by atoms with Gasteiger partial charge in [0.2, 0.25) is 5.91 Å². The molecule has 1 saturated heterocycles. The molecule has 1 aliphatic heterocycles. The van der Waals surface area contributed by atoms with Crippen molar-refractivity contribution in [1.29, 1.82) is 0 Å². The molecule has 0 radical (unpaired) electrons. The number of furan rings is 1. The maximum Gasteiger partial charge on any atom is 0.242 e. The van der Waals surface area contributed by atoms with E-state index in [-0.39, 0.29) is 36.4 Å². The van der Waals surface area contributed by atoms with Crippen LogP contribution in [-0.4, -0.2) is 68.7 Å². The Hall–Kier alpha value is -1.33. The topological polar surface area (TPSA) is 91.1 Å². The van der Waals surface area contributed by atoms with Crippen LogP contribution in [0.2, 0.25) is 0 Å². The third kappa shape index (κ3) is 8.37. The Morgan fingerprint density at radius 3 is 2.73 bits per heavy atom. The average molecular weight is 479 g/mol. The van der Waals surface area contributed by atoms with E-state index in [2.05, 4.69) is 32.8 Å². The van der Waals surface area contributed by atoms with Crippen molar-refractivity contribution in [3.63, 3.8) is 0 Å². The number of halogens is 1. The number of guanidine groups is 1. The lowest BCUT2D eigenvalue weighted by molar-refractivity contribution is -0.119. The van der Waals surface area contributed by atoms with Gasteiger partial charge in [0.15, 0.2) is 5.96 Å². The standard InChI is InChI=1S/C17H29N5O3.HI/c1-3-18-17(20-11-14(2)22-6-9-24-10-7-22)21-13-16(23)19-12-15-5-4-8-25-15;/h4-5,8,14H,3,6-7,9-13H2,1-2H3,(H,19,23)(H2,18,20,21);1H. The second-order valence-electron chi connectivity index (χ2n) is 5.93. The number of hydrogen-bond acceptors (Lipinski definition) is 5. The van der Waals surface area contributed by atoms with Crippen molar-refractivity contribution < 1.29 is 13.9 Å². The van der Waals surface area contributed by atoms with Gasteiger partial charge in [-0.3, -0.25) is 9.69 Å². The molecule has 2 heterocycles. The Kier molecular flexibility index (Phi) is 11.3. The molecule has 1 unspecified atom stereocenters. The van der Waals surface area contributed by atoms with Crippen LogP contribution >= 0.6 is 24.0 Å². The van der Waals surface area contributed by atoms with Gasteiger partial charge in [0.05, 0.1) is 26.0 Å². The highest BCUT2D eigenvalue weighted by molar-refractivity contribution is 14.0. The summed E-state index contributed by atoms with van der Waals surface area (Å²) in [4.78, 5) is 18.6. The summed E-state index contributed by atoms with van der Waals surface area (Å²) in [5, 5.41) is 9.25. The zero-order valence-electron chi connectivity index (χ0n) is 15.5. The first-order valence-electron chi connectivity index (χ1n) is 8.82. The summed E-state index contributed by atoms with van der Waals surface area (Å²) >= 11 is 0. The van der Waals surface area contributed by atoms with Crippen molar-refractivity contribution >= 4 is 35.8 Å². The van der Waals surface area contributed by atoms with E-state index in [4.69, 9.17) is 9.15 Å². The van der Waals surface area contributed by atoms with E-state index in [1.807, 2.05) is 13.0 Å². The van der Waals surface area contributed by atoms with Gasteiger partial charge in [-0.05, 0) is 26.0 Å². The van der Waals surface area contributed by atoms with Gasteiger partial charge < -0.3 is 25.1 Å². The summed E-state index contributed by atoms with van der Waals surface area (Å²) in [6.45, 7) is 9.60. The van der Waals surface area contributed by atoms with Crippen molar-refractivity contribution in [3.8, 4) is 0 Å². The fourth-order valence-electron chi connectivity index (χ4n) is 2.54. The lowest BCUT2D eigenvalue weighted by Crippen LogP contribution is -2.49. The van der Waals surface area contributed by atoms with Crippen molar-refractivity contribution in [2.75, 3.05) is 45.9 Å². The zero-order chi connectivity index (χ0) is 17.9. The van der Waals surface area contributed by atoms with Crippen LogP contribution in [-0.2, 0) is 16.1 Å². The summed E-state index contributed by atoms with van der Waals surface area (Å²) in [7, 11) is 0. The molecule has 0 aliphatic carbocycles. The third-order valence-corrected chi connectivity index (χ3v) is 4.00. The number of aliphatic imine (C=N–C) groups is 1. The molecule has 0 aromatic carbocycles. The van der Waals surface area contributed by atoms with Crippen LogP contribution in [0.25, 0.3) is 0 Å². The van der Waals surface area contributed by atoms with Crippen molar-refractivity contribution in [2.24, 2.45) is 4.99 Å². The summed E-state index contributed by atoms with van der Waals surface area (Å²) in [6, 6.07) is 3.99. The van der Waals surface area contributed by atoms with Gasteiger partial charge in [0.25, 0.3) is 0 Å². The van der Waals surface area contributed by atoms with Crippen LogP contribution in [0.4, 0.5) is 0 Å². The van der Waals surface area contributed by atoms with Crippen molar-refractivity contribution in [3.05, 3.63) is 24.2 Å². The Morgan fingerprint density at radius 2 is 2.08 bits per heavy atom. The number of morpholine rings is 1. The van der Waals surface area contributed by atoms with Gasteiger partial charge >= 0.3 is 0 Å². The number of nitrogens with one attached hydrogen (secondary N) is 3. The van der Waals surface area contributed by atoms with Crippen LogP contribution < -0.4 is 16.0 Å². The Bertz CT molecular complexity index is 533. The molecule has 2 rings (SSSR count). The van der Waals surface area contributed by atoms with E-state index in [0.29, 0.717) is 18.5 Å². The van der Waals surface area contributed by atoms with Gasteiger partial charge in [-0.2, -0.15) is 0 Å². The molecular weight excluding hydrogens is 449 g/mol. The third-order valence-electron chi connectivity index (χ3n) is 4.00. The largest absolute Gasteiger partial charge is 0.467 e. The maximum absolute atomic E-state index is 11.9. The number of hydrogen-bond donors (Lipinski definition) is 3. The highest BCUT2D eigenvalue weighted by Crippen LogP contribution is 2.02. The first-order valence-corrected chi connectivity index (χ1v) is 8.82. The predicted octanol–water partition coefficient (Wildman–Crippen LogP) is 0.790. The monoisotopic (exact) mass is 479 g/mol. The minimum Gasteiger partial charge on any atom is -0.467 e. The number of ether oxygens (including phenoxy) is 1. The molecule has 0 bridgehead atoms. The second-order valence-corrected chi connectivity index (χ2v) is 5.93. The molecule has 0 saturated carbocycles. The predicted molar refractivity (Wildman–Crippen MR) is 112 cm³/mol. The van der Waals surface area contributed by atoms with Crippen molar-refractivity contribution in [1.82, 2.24) is 20.9 Å². The normalized spacial score (nSPS) is 16.5. The quantitative estimate of drug-likeness (QED) is 0.290. The molecule has 3 N–H and O–H groups in total. The zero-order valence-corrected chi connectivity index (χ0v) is 17.8. The second kappa shape index (κ2) is 12.9. The lowest BCUT2D eigenvalue weighted by atomic mass is 10.2. The van der Waals surface area contributed by atoms with Gasteiger partial charge in [-0.25, -0.2) is 4.99 Å². The Morgan fingerprint density at radius 1 is 1.31 bits per heavy atom. The first kappa shape index (κ1) is 22.7. The molecule has 1 amide bonds. The SMILES string of the molecule is CCNC(=NCC(=O)NCc1ccco1)NCC(C)N1CCOCC1.I. The molecule has 1 aromatic rings. The van der Waals surface area contributed by atoms with Gasteiger partial charge in [0.1, 0.15) is 12.3 Å². The van der Waals surface area contributed by atoms with E-state index < -0.39 is 0 Å². The molecule has 26 heavy (non-hydrogen) atoms. The summed E-state index contributed by atoms with van der Waals surface area (Å²) in [6.07, 6.45) is 1.59. The molecule has 1 fully saturated rings. The minimum atomic E-state index is -0.144. The fraction of sp³-hybridized carbons (Fsp3) is 0.647. The highest BCUT2D eigenvalue weighted by atomic mass is 127. The van der Waals surface area contributed by atoms with Crippen LogP contribution in [0.5, 0.6) is 0 Å². The van der Waals surface area contributed by atoms with E-state index in [0.717, 1.165) is 45.2 Å². The summed E-state index contributed by atoms with van der Waals surface area (Å²) < 4.78 is 10.6. The smallest absolute Gasteiger partial charge is 0.242 e. The fourth-order valence-corrected chi connectivity index (χ4v) is 2.54. The number of carbonyl (C=O) groups is 1. The van der Waals surface area contributed by atoms with E-state index in [1.165, 1.54) is 0 Å². The van der Waals surface area contributed by atoms with Crippen LogP contribution in [0.15, 0.2) is 27.8 Å². The highest BCUT2D eigenvalue weighted by Gasteiger charge is 2.17. The Labute approximate surface area is 172 Å². The van der Waals surface area contributed by atoms with Gasteiger partial charge in [-0.15, -0.1) is 24.0 Å². The van der Waals surface area contributed by atoms with Gasteiger partial charge in [0, 0.05) is 32.2 Å². The number of carbonyl (C=O) groups excluding carboxylic acids is 1. The molecule has 8 nitrogen and oxygen atoms in total. The molecule has 0 spiro atoms. The Balaban J connectivity index is 0.00000338. The minimum absolute atomic E-state index is 0. The first-order chi connectivity index (χ1) is 12.2. The lowest BCUT2D eigenvalue weighted by Gasteiger charge is -2.32. The number of amides is 1. The molecule has 9 heteroatoms. The van der Waals surface area contributed by atoms with Gasteiger partial charge in [-0.1, -0.05) is 0 Å². The molecule has 1 atom stereocenters. The van der Waals surface area contributed by atoms with Crippen LogP contribution in [0.3, 0.4) is 0 Å². The van der Waals surface area contributed by atoms with E-state index in [9.17, 15) is 4.79 Å². The molecule has 148 valence electrons. The van der Waals surface area contributed by atoms with Crippen LogP contribution in [0.1, 0.15) is 19.6 Å².